The number of rotatable bonds is 4. The average molecular weight is 437 g/mol. The summed E-state index contributed by atoms with van der Waals surface area (Å²) in [6.45, 7) is 5.53. The molecule has 0 amide bonds. The molecular weight excluding hydrogens is 415 g/mol. The van der Waals surface area contributed by atoms with Crippen LogP contribution >= 0.6 is 11.3 Å². The van der Waals surface area contributed by atoms with Crippen molar-refractivity contribution in [3.05, 3.63) is 102 Å². The standard InChI is InChI=1S/C24H21FN2O3S/c1-4-30-23(29)20-15(3)26-24-27(21(20)17-7-5-6-8-18(17)25)22(28)19(31-24)13-16-11-9-14(2)10-12-16/h5-13,21H,4H2,1-3H3. The lowest BCUT2D eigenvalue weighted by atomic mass is 9.95. The highest BCUT2D eigenvalue weighted by atomic mass is 32.1. The number of benzene rings is 2. The van der Waals surface area contributed by atoms with Gasteiger partial charge in [-0.25, -0.2) is 14.2 Å². The number of nitrogens with zero attached hydrogens (tertiary/aromatic N) is 2. The van der Waals surface area contributed by atoms with Crippen LogP contribution in [-0.4, -0.2) is 17.1 Å². The van der Waals surface area contributed by atoms with Crippen LogP contribution in [0.3, 0.4) is 0 Å². The Balaban J connectivity index is 1.97. The molecule has 158 valence electrons. The number of carbonyl (C=O) groups excluding carboxylic acids is 1. The van der Waals surface area contributed by atoms with Crippen LogP contribution in [-0.2, 0) is 9.53 Å². The van der Waals surface area contributed by atoms with Crippen LogP contribution in [0.25, 0.3) is 6.08 Å². The molecule has 0 bridgehead atoms. The number of allylic oxidation sites excluding steroid dienone is 1. The number of hydrogen-bond acceptors (Lipinski definition) is 5. The number of aromatic nitrogens is 1. The van der Waals surface area contributed by atoms with Crippen molar-refractivity contribution >= 4 is 23.4 Å². The minimum absolute atomic E-state index is 0.164. The largest absolute Gasteiger partial charge is 0.463 e. The highest BCUT2D eigenvalue weighted by Gasteiger charge is 2.34. The third-order valence-electron chi connectivity index (χ3n) is 5.09. The lowest BCUT2D eigenvalue weighted by Gasteiger charge is -2.24. The van der Waals surface area contributed by atoms with E-state index in [9.17, 15) is 14.0 Å². The van der Waals surface area contributed by atoms with Gasteiger partial charge >= 0.3 is 5.97 Å². The lowest BCUT2D eigenvalue weighted by Crippen LogP contribution is -2.40. The molecule has 31 heavy (non-hydrogen) atoms. The smallest absolute Gasteiger partial charge is 0.338 e. The van der Waals surface area contributed by atoms with Crippen LogP contribution in [0.4, 0.5) is 4.39 Å². The van der Waals surface area contributed by atoms with Gasteiger partial charge < -0.3 is 4.74 Å². The molecule has 1 aromatic heterocycles. The minimum Gasteiger partial charge on any atom is -0.463 e. The molecule has 2 heterocycles. The summed E-state index contributed by atoms with van der Waals surface area (Å²) in [5.74, 6) is -1.11. The Morgan fingerprint density at radius 1 is 1.19 bits per heavy atom. The van der Waals surface area contributed by atoms with Gasteiger partial charge in [0.25, 0.3) is 5.56 Å². The van der Waals surface area contributed by atoms with Gasteiger partial charge in [-0.1, -0.05) is 59.4 Å². The average Bonchev–Trinajstić information content (AvgIpc) is 3.04. The first-order chi connectivity index (χ1) is 14.9. The molecule has 0 aliphatic carbocycles. The highest BCUT2D eigenvalue weighted by Crippen LogP contribution is 2.32. The van der Waals surface area contributed by atoms with E-state index in [1.807, 2.05) is 31.2 Å². The molecule has 0 N–H and O–H groups in total. The zero-order valence-corrected chi connectivity index (χ0v) is 18.2. The van der Waals surface area contributed by atoms with Crippen LogP contribution in [0, 0.1) is 12.7 Å². The fourth-order valence-electron chi connectivity index (χ4n) is 3.60. The van der Waals surface area contributed by atoms with E-state index in [1.165, 1.54) is 22.0 Å². The van der Waals surface area contributed by atoms with E-state index >= 15 is 0 Å². The van der Waals surface area contributed by atoms with Gasteiger partial charge in [0.1, 0.15) is 11.9 Å². The Morgan fingerprint density at radius 3 is 2.58 bits per heavy atom. The zero-order chi connectivity index (χ0) is 22.1. The van der Waals surface area contributed by atoms with Gasteiger partial charge in [-0.2, -0.15) is 0 Å². The molecule has 0 spiro atoms. The van der Waals surface area contributed by atoms with Crippen molar-refractivity contribution in [2.45, 2.75) is 26.8 Å². The molecule has 0 saturated carbocycles. The van der Waals surface area contributed by atoms with Crippen molar-refractivity contribution in [3.63, 3.8) is 0 Å². The number of hydrogen-bond donors (Lipinski definition) is 0. The zero-order valence-electron chi connectivity index (χ0n) is 17.4. The molecule has 0 saturated heterocycles. The van der Waals surface area contributed by atoms with E-state index in [4.69, 9.17) is 4.74 Å². The molecule has 0 radical (unpaired) electrons. The fourth-order valence-corrected chi connectivity index (χ4v) is 4.64. The molecular formula is C24H21FN2O3S. The van der Waals surface area contributed by atoms with Gasteiger partial charge in [-0.05, 0) is 38.5 Å². The van der Waals surface area contributed by atoms with Crippen LogP contribution in [0.2, 0.25) is 0 Å². The number of ether oxygens (including phenoxy) is 1. The quantitative estimate of drug-likeness (QED) is 0.590. The number of aryl methyl sites for hydroxylation is 1. The molecule has 5 nitrogen and oxygen atoms in total. The maximum absolute atomic E-state index is 14.8. The van der Waals surface area contributed by atoms with Crippen LogP contribution in [0.15, 0.2) is 69.6 Å². The Bertz CT molecular complexity index is 1370. The van der Waals surface area contributed by atoms with Crippen molar-refractivity contribution in [1.29, 1.82) is 0 Å². The summed E-state index contributed by atoms with van der Waals surface area (Å²) in [5, 5.41) is 0. The van der Waals surface area contributed by atoms with Gasteiger partial charge in [-0.15, -0.1) is 0 Å². The number of esters is 1. The van der Waals surface area contributed by atoms with Crippen LogP contribution in [0.1, 0.15) is 36.6 Å². The third kappa shape index (κ3) is 3.88. The Morgan fingerprint density at radius 2 is 1.90 bits per heavy atom. The first kappa shape index (κ1) is 20.9. The van der Waals surface area contributed by atoms with Crippen molar-refractivity contribution in [2.24, 2.45) is 4.99 Å². The van der Waals surface area contributed by atoms with Gasteiger partial charge in [-0.3, -0.25) is 9.36 Å². The summed E-state index contributed by atoms with van der Waals surface area (Å²) in [4.78, 5) is 31.1. The van der Waals surface area contributed by atoms with Gasteiger partial charge in [0.15, 0.2) is 4.80 Å². The summed E-state index contributed by atoms with van der Waals surface area (Å²) in [7, 11) is 0. The first-order valence-electron chi connectivity index (χ1n) is 9.91. The molecule has 4 rings (SSSR count). The van der Waals surface area contributed by atoms with Gasteiger partial charge in [0.2, 0.25) is 0 Å². The topological polar surface area (TPSA) is 60.7 Å². The molecule has 3 aromatic rings. The van der Waals surface area contributed by atoms with Crippen LogP contribution in [0.5, 0.6) is 0 Å². The minimum atomic E-state index is -0.948. The molecule has 2 aromatic carbocycles. The summed E-state index contributed by atoms with van der Waals surface area (Å²) in [6.07, 6.45) is 1.78. The maximum Gasteiger partial charge on any atom is 0.338 e. The predicted octanol–water partition coefficient (Wildman–Crippen LogP) is 3.25. The molecule has 1 atom stereocenters. The van der Waals surface area contributed by atoms with E-state index in [2.05, 4.69) is 4.99 Å². The SMILES string of the molecule is CCOC(=O)C1=C(C)N=c2sc(=Cc3ccc(C)cc3)c(=O)n2C1c1ccccc1F. The fraction of sp³-hybridized carbons (Fsp3) is 0.208. The van der Waals surface area contributed by atoms with E-state index in [0.29, 0.717) is 15.0 Å². The molecule has 0 fully saturated rings. The van der Waals surface area contributed by atoms with Crippen LogP contribution < -0.4 is 14.9 Å². The van der Waals surface area contributed by atoms with Gasteiger partial charge in [0.05, 0.1) is 22.4 Å². The Kier molecular flexibility index (Phi) is 5.69. The maximum atomic E-state index is 14.8. The van der Waals surface area contributed by atoms with Crippen molar-refractivity contribution in [3.8, 4) is 0 Å². The summed E-state index contributed by atoms with van der Waals surface area (Å²) in [5.41, 5.74) is 2.47. The Labute approximate surface area is 182 Å². The second kappa shape index (κ2) is 8.43. The summed E-state index contributed by atoms with van der Waals surface area (Å²) in [6, 6.07) is 13.0. The monoisotopic (exact) mass is 436 g/mol. The van der Waals surface area contributed by atoms with Gasteiger partial charge in [0, 0.05) is 5.56 Å². The van der Waals surface area contributed by atoms with E-state index in [0.717, 1.165) is 11.1 Å². The predicted molar refractivity (Wildman–Crippen MR) is 118 cm³/mol. The number of carbonyl (C=O) groups is 1. The second-order valence-corrected chi connectivity index (χ2v) is 8.24. The second-order valence-electron chi connectivity index (χ2n) is 7.23. The Hall–Kier alpha value is -3.32. The van der Waals surface area contributed by atoms with E-state index in [-0.39, 0.29) is 23.3 Å². The number of halogens is 1. The van der Waals surface area contributed by atoms with E-state index in [1.54, 1.807) is 38.1 Å². The third-order valence-corrected chi connectivity index (χ3v) is 6.07. The highest BCUT2D eigenvalue weighted by molar-refractivity contribution is 7.07. The molecule has 1 aliphatic rings. The van der Waals surface area contributed by atoms with E-state index < -0.39 is 17.8 Å². The molecule has 1 unspecified atom stereocenters. The number of fused-ring (bicyclic) bond motifs is 1. The van der Waals surface area contributed by atoms with Crippen molar-refractivity contribution < 1.29 is 13.9 Å². The summed E-state index contributed by atoms with van der Waals surface area (Å²) >= 11 is 1.22. The van der Waals surface area contributed by atoms with Crippen molar-refractivity contribution in [2.75, 3.05) is 6.61 Å². The number of thiazole rings is 1. The first-order valence-corrected chi connectivity index (χ1v) is 10.7. The lowest BCUT2D eigenvalue weighted by molar-refractivity contribution is -0.139. The molecule has 7 heteroatoms. The molecule has 1 aliphatic heterocycles. The normalized spacial score (nSPS) is 16.1. The summed E-state index contributed by atoms with van der Waals surface area (Å²) < 4.78 is 21.9. The van der Waals surface area contributed by atoms with Crippen molar-refractivity contribution in [1.82, 2.24) is 4.57 Å².